The molecule has 0 fully saturated rings. The van der Waals surface area contributed by atoms with E-state index in [1.165, 1.54) is 5.56 Å². The van der Waals surface area contributed by atoms with Crippen molar-refractivity contribution in [3.05, 3.63) is 23.8 Å². The third-order valence-electron chi connectivity index (χ3n) is 2.33. The molecule has 0 radical (unpaired) electrons. The van der Waals surface area contributed by atoms with E-state index in [2.05, 4.69) is 25.2 Å². The van der Waals surface area contributed by atoms with Gasteiger partial charge in [0.25, 0.3) is 0 Å². The van der Waals surface area contributed by atoms with Gasteiger partial charge in [0.05, 0.1) is 14.2 Å². The van der Waals surface area contributed by atoms with Crippen molar-refractivity contribution < 1.29 is 9.47 Å². The zero-order valence-electron chi connectivity index (χ0n) is 10.9. The number of benzene rings is 1. The zero-order valence-corrected chi connectivity index (χ0v) is 11.8. The minimum atomic E-state index is 0. The van der Waals surface area contributed by atoms with E-state index in [0.717, 1.165) is 24.6 Å². The predicted octanol–water partition coefficient (Wildman–Crippen LogP) is 2.87. The van der Waals surface area contributed by atoms with Gasteiger partial charge in [-0.15, -0.1) is 12.4 Å². The molecule has 0 bridgehead atoms. The molecular weight excluding hydrogens is 238 g/mol. The van der Waals surface area contributed by atoms with Crippen molar-refractivity contribution >= 4 is 12.4 Å². The summed E-state index contributed by atoms with van der Waals surface area (Å²) in [5.74, 6) is 2.22. The second kappa shape index (κ2) is 8.20. The van der Waals surface area contributed by atoms with Gasteiger partial charge in [0.15, 0.2) is 11.5 Å². The zero-order chi connectivity index (χ0) is 12.0. The van der Waals surface area contributed by atoms with E-state index in [4.69, 9.17) is 9.47 Å². The first kappa shape index (κ1) is 16.1. The second-order valence-corrected chi connectivity index (χ2v) is 4.21. The lowest BCUT2D eigenvalue weighted by Gasteiger charge is -2.11. The van der Waals surface area contributed by atoms with Crippen molar-refractivity contribution in [1.29, 1.82) is 0 Å². The third-order valence-corrected chi connectivity index (χ3v) is 2.33. The van der Waals surface area contributed by atoms with Gasteiger partial charge in [0.2, 0.25) is 0 Å². The monoisotopic (exact) mass is 259 g/mol. The van der Waals surface area contributed by atoms with Crippen LogP contribution in [0.5, 0.6) is 11.5 Å². The normalized spacial score (nSPS) is 9.94. The number of ether oxygens (including phenoxy) is 2. The maximum atomic E-state index is 5.25. The Balaban J connectivity index is 0.00000256. The number of hydrogen-bond acceptors (Lipinski definition) is 3. The Hall–Kier alpha value is -0.930. The number of methoxy groups -OCH3 is 2. The summed E-state index contributed by atoms with van der Waals surface area (Å²) in [6, 6.07) is 5.99. The number of nitrogens with one attached hydrogen (secondary N) is 1. The van der Waals surface area contributed by atoms with Gasteiger partial charge in [-0.2, -0.15) is 0 Å². The molecule has 0 heterocycles. The van der Waals surface area contributed by atoms with E-state index in [0.29, 0.717) is 5.92 Å². The topological polar surface area (TPSA) is 30.5 Å². The fourth-order valence-corrected chi connectivity index (χ4v) is 1.50. The largest absolute Gasteiger partial charge is 0.493 e. The molecule has 17 heavy (non-hydrogen) atoms. The lowest BCUT2D eigenvalue weighted by Crippen LogP contribution is -2.18. The van der Waals surface area contributed by atoms with Crippen molar-refractivity contribution in [2.24, 2.45) is 5.92 Å². The minimum absolute atomic E-state index is 0. The molecule has 1 N–H and O–H groups in total. The standard InChI is InChI=1S/C13H21NO2.ClH/c1-10(2)8-14-9-11-5-6-12(15-3)13(7-11)16-4;/h5-7,10,14H,8-9H2,1-4H3;1H. The molecule has 0 unspecified atom stereocenters. The lowest BCUT2D eigenvalue weighted by atomic mass is 10.2. The van der Waals surface area contributed by atoms with Gasteiger partial charge in [0, 0.05) is 6.54 Å². The van der Waals surface area contributed by atoms with Crippen LogP contribution >= 0.6 is 12.4 Å². The highest BCUT2D eigenvalue weighted by molar-refractivity contribution is 5.85. The first-order valence-electron chi connectivity index (χ1n) is 5.59. The summed E-state index contributed by atoms with van der Waals surface area (Å²) in [5.41, 5.74) is 1.21. The van der Waals surface area contributed by atoms with Crippen LogP contribution in [0.15, 0.2) is 18.2 Å². The van der Waals surface area contributed by atoms with Crippen molar-refractivity contribution in [3.8, 4) is 11.5 Å². The molecule has 3 nitrogen and oxygen atoms in total. The van der Waals surface area contributed by atoms with Crippen LogP contribution in [0.3, 0.4) is 0 Å². The molecule has 98 valence electrons. The average Bonchev–Trinajstić information content (AvgIpc) is 2.28. The highest BCUT2D eigenvalue weighted by Crippen LogP contribution is 2.27. The summed E-state index contributed by atoms with van der Waals surface area (Å²) < 4.78 is 10.4. The maximum absolute atomic E-state index is 5.25. The highest BCUT2D eigenvalue weighted by Gasteiger charge is 2.04. The van der Waals surface area contributed by atoms with E-state index in [9.17, 15) is 0 Å². The van der Waals surface area contributed by atoms with Crippen LogP contribution < -0.4 is 14.8 Å². The third kappa shape index (κ3) is 5.29. The van der Waals surface area contributed by atoms with E-state index < -0.39 is 0 Å². The highest BCUT2D eigenvalue weighted by atomic mass is 35.5. The molecule has 4 heteroatoms. The Labute approximate surface area is 110 Å². The van der Waals surface area contributed by atoms with Crippen molar-refractivity contribution in [3.63, 3.8) is 0 Å². The molecule has 0 saturated carbocycles. The molecule has 0 aliphatic heterocycles. The molecule has 0 atom stereocenters. The molecule has 0 spiro atoms. The van der Waals surface area contributed by atoms with Gasteiger partial charge in [0.1, 0.15) is 0 Å². The summed E-state index contributed by atoms with van der Waals surface area (Å²) >= 11 is 0. The van der Waals surface area contributed by atoms with Gasteiger partial charge >= 0.3 is 0 Å². The Morgan fingerprint density at radius 2 is 1.76 bits per heavy atom. The number of hydrogen-bond donors (Lipinski definition) is 1. The number of rotatable bonds is 6. The van der Waals surface area contributed by atoms with Crippen LogP contribution in [0.1, 0.15) is 19.4 Å². The first-order chi connectivity index (χ1) is 7.67. The quantitative estimate of drug-likeness (QED) is 0.852. The van der Waals surface area contributed by atoms with Gasteiger partial charge in [-0.25, -0.2) is 0 Å². The number of halogens is 1. The fourth-order valence-electron chi connectivity index (χ4n) is 1.50. The van der Waals surface area contributed by atoms with Crippen molar-refractivity contribution in [1.82, 2.24) is 5.32 Å². The lowest BCUT2D eigenvalue weighted by molar-refractivity contribution is 0.354. The second-order valence-electron chi connectivity index (χ2n) is 4.21. The summed E-state index contributed by atoms with van der Waals surface area (Å²) in [6.45, 7) is 6.27. The fraction of sp³-hybridized carbons (Fsp3) is 0.538. The van der Waals surface area contributed by atoms with Crippen LogP contribution in [0, 0.1) is 5.92 Å². The van der Waals surface area contributed by atoms with Crippen LogP contribution in [0.25, 0.3) is 0 Å². The van der Waals surface area contributed by atoms with Crippen molar-refractivity contribution in [2.45, 2.75) is 20.4 Å². The van der Waals surface area contributed by atoms with Gasteiger partial charge in [-0.1, -0.05) is 19.9 Å². The SMILES string of the molecule is COc1ccc(CNCC(C)C)cc1OC.Cl. The van der Waals surface area contributed by atoms with Crippen molar-refractivity contribution in [2.75, 3.05) is 20.8 Å². The summed E-state index contributed by atoms with van der Waals surface area (Å²) in [7, 11) is 3.30. The van der Waals surface area contributed by atoms with E-state index in [-0.39, 0.29) is 12.4 Å². The first-order valence-corrected chi connectivity index (χ1v) is 5.59. The summed E-state index contributed by atoms with van der Waals surface area (Å²) in [4.78, 5) is 0. The van der Waals surface area contributed by atoms with Crippen LogP contribution in [0.2, 0.25) is 0 Å². The molecule has 0 aliphatic carbocycles. The van der Waals surface area contributed by atoms with E-state index >= 15 is 0 Å². The van der Waals surface area contributed by atoms with Crippen LogP contribution in [0.4, 0.5) is 0 Å². The Kier molecular flexibility index (Phi) is 7.75. The predicted molar refractivity (Wildman–Crippen MR) is 73.3 cm³/mol. The van der Waals surface area contributed by atoms with Gasteiger partial charge in [-0.3, -0.25) is 0 Å². The molecule has 0 aromatic heterocycles. The Morgan fingerprint density at radius 3 is 2.29 bits per heavy atom. The summed E-state index contributed by atoms with van der Waals surface area (Å²) in [6.07, 6.45) is 0. The molecule has 0 aliphatic rings. The van der Waals surface area contributed by atoms with E-state index in [1.807, 2.05) is 12.1 Å². The summed E-state index contributed by atoms with van der Waals surface area (Å²) in [5, 5.41) is 3.39. The van der Waals surface area contributed by atoms with E-state index in [1.54, 1.807) is 14.2 Å². The van der Waals surface area contributed by atoms with Gasteiger partial charge < -0.3 is 14.8 Å². The smallest absolute Gasteiger partial charge is 0.161 e. The molecule has 0 amide bonds. The van der Waals surface area contributed by atoms with Gasteiger partial charge in [-0.05, 0) is 30.2 Å². The van der Waals surface area contributed by atoms with Crippen LogP contribution in [-0.2, 0) is 6.54 Å². The molecule has 1 aromatic rings. The van der Waals surface area contributed by atoms with Crippen LogP contribution in [-0.4, -0.2) is 20.8 Å². The molecule has 1 aromatic carbocycles. The molecular formula is C13H22ClNO2. The molecule has 1 rings (SSSR count). The Bertz CT molecular complexity index is 329. The average molecular weight is 260 g/mol. The minimum Gasteiger partial charge on any atom is -0.493 e. The Morgan fingerprint density at radius 1 is 1.12 bits per heavy atom. The molecule has 0 saturated heterocycles. The maximum Gasteiger partial charge on any atom is 0.161 e.